The van der Waals surface area contributed by atoms with Crippen LogP contribution in [0.3, 0.4) is 0 Å². The number of fused-ring (bicyclic) bond motifs is 1. The van der Waals surface area contributed by atoms with E-state index in [1.165, 1.54) is 6.07 Å². The molecule has 0 fully saturated rings. The van der Waals surface area contributed by atoms with E-state index in [0.29, 0.717) is 11.3 Å². The average molecular weight is 353 g/mol. The van der Waals surface area contributed by atoms with Crippen molar-refractivity contribution in [3.05, 3.63) is 65.4 Å². The van der Waals surface area contributed by atoms with Crippen molar-refractivity contribution in [1.29, 1.82) is 0 Å². The summed E-state index contributed by atoms with van der Waals surface area (Å²) < 4.78 is 10.7. The summed E-state index contributed by atoms with van der Waals surface area (Å²) in [4.78, 5) is 24.1. The van der Waals surface area contributed by atoms with Crippen LogP contribution >= 0.6 is 0 Å². The molecule has 134 valence electrons. The molecule has 0 aliphatic heterocycles. The van der Waals surface area contributed by atoms with Crippen molar-refractivity contribution in [3.63, 3.8) is 0 Å². The minimum atomic E-state index is -0.752. The number of para-hydroxylation sites is 2. The Morgan fingerprint density at radius 1 is 1.19 bits per heavy atom. The fraction of sp³-hybridized carbons (Fsp3) is 0.200. The zero-order valence-corrected chi connectivity index (χ0v) is 14.5. The van der Waals surface area contributed by atoms with Crippen LogP contribution in [0.1, 0.15) is 34.6 Å². The van der Waals surface area contributed by atoms with Crippen LogP contribution in [-0.4, -0.2) is 23.6 Å². The van der Waals surface area contributed by atoms with Gasteiger partial charge in [0.05, 0.1) is 6.04 Å². The minimum Gasteiger partial charge on any atom is -0.507 e. The summed E-state index contributed by atoms with van der Waals surface area (Å²) >= 11 is 0. The lowest BCUT2D eigenvalue weighted by atomic mass is 10.1. The first-order valence-electron chi connectivity index (χ1n) is 8.19. The second kappa shape index (κ2) is 7.31. The van der Waals surface area contributed by atoms with Gasteiger partial charge in [-0.2, -0.15) is 0 Å². The third kappa shape index (κ3) is 3.69. The number of aryl methyl sites for hydroxylation is 1. The standard InChI is InChI=1S/C20H19NO5/c1-12-6-5-8-15(19(12)23)20(24)25-11-18(22)21-13(2)17-10-14-7-3-4-9-16(14)26-17/h3-10,13,23H,11H2,1-2H3,(H,21,22)/t13-/m0/s1. The second-order valence-corrected chi connectivity index (χ2v) is 6.02. The second-order valence-electron chi connectivity index (χ2n) is 6.02. The fourth-order valence-corrected chi connectivity index (χ4v) is 2.60. The quantitative estimate of drug-likeness (QED) is 0.686. The number of hydrogen-bond donors (Lipinski definition) is 2. The number of benzene rings is 2. The Hall–Kier alpha value is -3.28. The third-order valence-corrected chi connectivity index (χ3v) is 4.04. The number of ether oxygens (including phenoxy) is 1. The zero-order chi connectivity index (χ0) is 18.7. The monoisotopic (exact) mass is 353 g/mol. The number of phenols is 1. The molecule has 1 amide bonds. The molecule has 6 heteroatoms. The summed E-state index contributed by atoms with van der Waals surface area (Å²) in [5.41, 5.74) is 1.33. The molecule has 2 N–H and O–H groups in total. The van der Waals surface area contributed by atoms with Crippen molar-refractivity contribution in [3.8, 4) is 5.75 Å². The number of phenolic OH excluding ortho intramolecular Hbond substituents is 1. The van der Waals surface area contributed by atoms with Gasteiger partial charge in [-0.05, 0) is 37.6 Å². The lowest BCUT2D eigenvalue weighted by Crippen LogP contribution is -2.31. The lowest BCUT2D eigenvalue weighted by Gasteiger charge is -2.12. The van der Waals surface area contributed by atoms with Crippen LogP contribution < -0.4 is 5.32 Å². The number of nitrogens with one attached hydrogen (secondary N) is 1. The Kier molecular flexibility index (Phi) is 4.93. The van der Waals surface area contributed by atoms with Crippen molar-refractivity contribution < 1.29 is 23.8 Å². The molecule has 6 nitrogen and oxygen atoms in total. The maximum absolute atomic E-state index is 12.0. The maximum Gasteiger partial charge on any atom is 0.342 e. The van der Waals surface area contributed by atoms with Crippen LogP contribution in [0.25, 0.3) is 11.0 Å². The van der Waals surface area contributed by atoms with Crippen molar-refractivity contribution in [2.75, 3.05) is 6.61 Å². The summed E-state index contributed by atoms with van der Waals surface area (Å²) in [5.74, 6) is -0.744. The van der Waals surface area contributed by atoms with Crippen molar-refractivity contribution in [2.24, 2.45) is 0 Å². The molecule has 1 heterocycles. The SMILES string of the molecule is Cc1cccc(C(=O)OCC(=O)N[C@@H](C)c2cc3ccccc3o2)c1O. The summed E-state index contributed by atoms with van der Waals surface area (Å²) in [7, 11) is 0. The van der Waals surface area contributed by atoms with Crippen molar-refractivity contribution in [2.45, 2.75) is 19.9 Å². The Morgan fingerprint density at radius 2 is 1.96 bits per heavy atom. The number of aromatic hydroxyl groups is 1. The number of hydrogen-bond acceptors (Lipinski definition) is 5. The molecule has 3 aromatic rings. The van der Waals surface area contributed by atoms with Gasteiger partial charge in [0, 0.05) is 5.39 Å². The highest BCUT2D eigenvalue weighted by Crippen LogP contribution is 2.24. The molecule has 0 aliphatic rings. The van der Waals surface area contributed by atoms with E-state index >= 15 is 0 Å². The van der Waals surface area contributed by atoms with E-state index in [4.69, 9.17) is 9.15 Å². The molecule has 0 aliphatic carbocycles. The van der Waals surface area contributed by atoms with Crippen LogP contribution in [-0.2, 0) is 9.53 Å². The molecule has 0 radical (unpaired) electrons. The summed E-state index contributed by atoms with van der Waals surface area (Å²) in [5, 5.41) is 13.5. The van der Waals surface area contributed by atoms with Crippen molar-refractivity contribution >= 4 is 22.8 Å². The average Bonchev–Trinajstić information content (AvgIpc) is 3.06. The molecule has 0 unspecified atom stereocenters. The molecule has 2 aromatic carbocycles. The predicted molar refractivity (Wildman–Crippen MR) is 95.9 cm³/mol. The van der Waals surface area contributed by atoms with Gasteiger partial charge < -0.3 is 19.6 Å². The van der Waals surface area contributed by atoms with Gasteiger partial charge in [-0.25, -0.2) is 4.79 Å². The first-order chi connectivity index (χ1) is 12.5. The fourth-order valence-electron chi connectivity index (χ4n) is 2.60. The molecule has 0 spiro atoms. The first kappa shape index (κ1) is 17.5. The molecule has 0 bridgehead atoms. The smallest absolute Gasteiger partial charge is 0.342 e. The van der Waals surface area contributed by atoms with Gasteiger partial charge in [0.2, 0.25) is 0 Å². The topological polar surface area (TPSA) is 88.8 Å². The highest BCUT2D eigenvalue weighted by molar-refractivity contribution is 5.94. The van der Waals surface area contributed by atoms with Gasteiger partial charge in [0.15, 0.2) is 6.61 Å². The van der Waals surface area contributed by atoms with Gasteiger partial charge in [-0.3, -0.25) is 4.79 Å². The molecular weight excluding hydrogens is 334 g/mol. The zero-order valence-electron chi connectivity index (χ0n) is 14.5. The van der Waals surface area contributed by atoms with E-state index in [-0.39, 0.29) is 17.4 Å². The molecule has 1 atom stereocenters. The molecule has 1 aromatic heterocycles. The van der Waals surface area contributed by atoms with Gasteiger partial charge in [0.25, 0.3) is 5.91 Å². The van der Waals surface area contributed by atoms with Crippen LogP contribution in [0, 0.1) is 6.92 Å². The van der Waals surface area contributed by atoms with Crippen molar-refractivity contribution in [1.82, 2.24) is 5.32 Å². The number of carbonyl (C=O) groups is 2. The summed E-state index contributed by atoms with van der Waals surface area (Å²) in [6.07, 6.45) is 0. The molecular formula is C20H19NO5. The van der Waals surface area contributed by atoms with E-state index in [9.17, 15) is 14.7 Å². The number of rotatable bonds is 5. The molecule has 0 saturated carbocycles. The van der Waals surface area contributed by atoms with E-state index in [1.54, 1.807) is 26.0 Å². The number of esters is 1. The van der Waals surface area contributed by atoms with E-state index in [1.807, 2.05) is 30.3 Å². The van der Waals surface area contributed by atoms with Gasteiger partial charge in [-0.1, -0.05) is 30.3 Å². The Bertz CT molecular complexity index is 927. The molecule has 26 heavy (non-hydrogen) atoms. The minimum absolute atomic E-state index is 0.0307. The third-order valence-electron chi connectivity index (χ3n) is 4.04. The van der Waals surface area contributed by atoms with Crippen LogP contribution in [0.2, 0.25) is 0 Å². The van der Waals surface area contributed by atoms with Crippen LogP contribution in [0.4, 0.5) is 0 Å². The Labute approximate surface area is 150 Å². The summed E-state index contributed by atoms with van der Waals surface area (Å²) in [6.45, 7) is 3.01. The number of amides is 1. The number of carbonyl (C=O) groups excluding carboxylic acids is 2. The van der Waals surface area contributed by atoms with Gasteiger partial charge in [-0.15, -0.1) is 0 Å². The van der Waals surface area contributed by atoms with Crippen LogP contribution in [0.15, 0.2) is 52.9 Å². The summed E-state index contributed by atoms with van der Waals surface area (Å²) in [6, 6.07) is 13.8. The largest absolute Gasteiger partial charge is 0.507 e. The molecule has 0 saturated heterocycles. The van der Waals surface area contributed by atoms with Gasteiger partial charge >= 0.3 is 5.97 Å². The van der Waals surface area contributed by atoms with E-state index < -0.39 is 18.5 Å². The van der Waals surface area contributed by atoms with E-state index in [0.717, 1.165) is 11.0 Å². The maximum atomic E-state index is 12.0. The number of furan rings is 1. The Balaban J connectivity index is 1.58. The lowest BCUT2D eigenvalue weighted by molar-refractivity contribution is -0.125. The van der Waals surface area contributed by atoms with Gasteiger partial charge in [0.1, 0.15) is 22.7 Å². The molecule has 3 rings (SSSR count). The predicted octanol–water partition coefficient (Wildman–Crippen LogP) is 3.48. The normalized spacial score (nSPS) is 11.9. The first-order valence-corrected chi connectivity index (χ1v) is 8.19. The highest BCUT2D eigenvalue weighted by atomic mass is 16.5. The highest BCUT2D eigenvalue weighted by Gasteiger charge is 2.18. The van der Waals surface area contributed by atoms with E-state index in [2.05, 4.69) is 5.32 Å². The van der Waals surface area contributed by atoms with Crippen LogP contribution in [0.5, 0.6) is 5.75 Å². The Morgan fingerprint density at radius 3 is 2.73 bits per heavy atom.